The van der Waals surface area contributed by atoms with Crippen LogP contribution in [0, 0.1) is 0 Å². The highest BCUT2D eigenvalue weighted by Crippen LogP contribution is 2.32. The highest BCUT2D eigenvalue weighted by Gasteiger charge is 2.23. The SMILES string of the molecule is COC(=O)NNC(=O)c1cccc(-c2ccccc2)c1NC(=O)c1cc(Br)nn1-c1ncccc1Cl. The van der Waals surface area contributed by atoms with Crippen LogP contribution in [0.4, 0.5) is 10.5 Å². The standard InChI is InChI=1S/C24H18BrClN6O4/c1-36-24(35)30-29-22(33)16-10-5-9-15(14-7-3-2-4-8-14)20(16)28-23(34)18-13-19(25)31-32(18)21-17(26)11-6-12-27-21/h2-13H,1H3,(H,28,34)(H,29,33)(H,30,35). The molecule has 12 heteroatoms. The zero-order valence-electron chi connectivity index (χ0n) is 18.7. The number of methoxy groups -OCH3 is 1. The Hall–Kier alpha value is -4.22. The molecule has 0 saturated carbocycles. The van der Waals surface area contributed by atoms with Gasteiger partial charge < -0.3 is 10.1 Å². The number of hydrogen-bond donors (Lipinski definition) is 3. The van der Waals surface area contributed by atoms with Crippen LogP contribution in [-0.4, -0.2) is 39.8 Å². The number of hydrazine groups is 1. The number of ether oxygens (including phenoxy) is 1. The molecule has 2 aromatic heterocycles. The van der Waals surface area contributed by atoms with Crippen molar-refractivity contribution in [2.75, 3.05) is 12.4 Å². The molecule has 0 radical (unpaired) electrons. The monoisotopic (exact) mass is 568 g/mol. The molecule has 2 aromatic carbocycles. The molecule has 3 amide bonds. The molecule has 182 valence electrons. The van der Waals surface area contributed by atoms with E-state index in [1.54, 1.807) is 24.3 Å². The maximum absolute atomic E-state index is 13.5. The van der Waals surface area contributed by atoms with Gasteiger partial charge in [-0.3, -0.25) is 15.0 Å². The van der Waals surface area contributed by atoms with Gasteiger partial charge in [-0.05, 0) is 39.7 Å². The van der Waals surface area contributed by atoms with Gasteiger partial charge in [0, 0.05) is 17.8 Å². The molecule has 0 saturated heterocycles. The fourth-order valence-electron chi connectivity index (χ4n) is 3.35. The summed E-state index contributed by atoms with van der Waals surface area (Å²) >= 11 is 9.57. The lowest BCUT2D eigenvalue weighted by Gasteiger charge is -2.17. The Bertz CT molecular complexity index is 1440. The Morgan fingerprint density at radius 2 is 1.75 bits per heavy atom. The summed E-state index contributed by atoms with van der Waals surface area (Å²) in [6, 6.07) is 18.9. The summed E-state index contributed by atoms with van der Waals surface area (Å²) in [6.45, 7) is 0. The quantitative estimate of drug-likeness (QED) is 0.302. The van der Waals surface area contributed by atoms with Crippen LogP contribution in [0.2, 0.25) is 5.02 Å². The highest BCUT2D eigenvalue weighted by atomic mass is 79.9. The number of benzene rings is 2. The van der Waals surface area contributed by atoms with Gasteiger partial charge in [0.2, 0.25) is 0 Å². The van der Waals surface area contributed by atoms with E-state index in [1.165, 1.54) is 23.0 Å². The number of aromatic nitrogens is 3. The predicted octanol–water partition coefficient (Wildman–Crippen LogP) is 4.60. The molecule has 0 bridgehead atoms. The summed E-state index contributed by atoms with van der Waals surface area (Å²) in [5.74, 6) is -0.990. The van der Waals surface area contributed by atoms with Crippen molar-refractivity contribution in [1.82, 2.24) is 25.6 Å². The minimum Gasteiger partial charge on any atom is -0.452 e. The zero-order chi connectivity index (χ0) is 25.7. The van der Waals surface area contributed by atoms with E-state index >= 15 is 0 Å². The minimum atomic E-state index is -0.853. The molecule has 36 heavy (non-hydrogen) atoms. The van der Waals surface area contributed by atoms with E-state index in [1.807, 2.05) is 30.3 Å². The number of hydrogen-bond acceptors (Lipinski definition) is 6. The summed E-state index contributed by atoms with van der Waals surface area (Å²) in [4.78, 5) is 42.1. The first-order valence-corrected chi connectivity index (χ1v) is 11.6. The summed E-state index contributed by atoms with van der Waals surface area (Å²) in [7, 11) is 1.16. The third-order valence-electron chi connectivity index (χ3n) is 4.95. The van der Waals surface area contributed by atoms with Crippen LogP contribution in [0.15, 0.2) is 77.5 Å². The van der Waals surface area contributed by atoms with Gasteiger partial charge in [-0.2, -0.15) is 5.10 Å². The molecule has 10 nitrogen and oxygen atoms in total. The first-order chi connectivity index (χ1) is 17.4. The second-order valence-electron chi connectivity index (χ2n) is 7.19. The second-order valence-corrected chi connectivity index (χ2v) is 8.41. The Kier molecular flexibility index (Phi) is 7.62. The molecule has 0 fully saturated rings. The van der Waals surface area contributed by atoms with Crippen LogP contribution in [0.25, 0.3) is 16.9 Å². The molecule has 3 N–H and O–H groups in total. The van der Waals surface area contributed by atoms with Crippen molar-refractivity contribution >= 4 is 51.1 Å². The number of pyridine rings is 1. The summed E-state index contributed by atoms with van der Waals surface area (Å²) in [5, 5.41) is 7.40. The number of para-hydroxylation sites is 1. The van der Waals surface area contributed by atoms with E-state index in [4.69, 9.17) is 11.6 Å². The van der Waals surface area contributed by atoms with Crippen LogP contribution < -0.4 is 16.2 Å². The summed E-state index contributed by atoms with van der Waals surface area (Å²) in [5.41, 5.74) is 6.15. The number of carbonyl (C=O) groups is 3. The summed E-state index contributed by atoms with van der Waals surface area (Å²) in [6.07, 6.45) is 0.675. The van der Waals surface area contributed by atoms with E-state index in [-0.39, 0.29) is 22.8 Å². The topological polar surface area (TPSA) is 127 Å². The van der Waals surface area contributed by atoms with Crippen molar-refractivity contribution < 1.29 is 19.1 Å². The van der Waals surface area contributed by atoms with E-state index in [9.17, 15) is 14.4 Å². The average Bonchev–Trinajstić information content (AvgIpc) is 3.29. The van der Waals surface area contributed by atoms with Gasteiger partial charge >= 0.3 is 6.09 Å². The Morgan fingerprint density at radius 1 is 0.972 bits per heavy atom. The molecule has 0 unspecified atom stereocenters. The van der Waals surface area contributed by atoms with Crippen molar-refractivity contribution in [2.45, 2.75) is 0 Å². The average molecular weight is 570 g/mol. The first-order valence-electron chi connectivity index (χ1n) is 10.4. The van der Waals surface area contributed by atoms with Crippen LogP contribution in [0.1, 0.15) is 20.8 Å². The number of nitrogens with zero attached hydrogens (tertiary/aromatic N) is 3. The molecule has 4 rings (SSSR count). The van der Waals surface area contributed by atoms with E-state index in [0.29, 0.717) is 15.2 Å². The van der Waals surface area contributed by atoms with Gasteiger partial charge in [-0.15, -0.1) is 0 Å². The normalized spacial score (nSPS) is 10.4. The van der Waals surface area contributed by atoms with Crippen LogP contribution in [-0.2, 0) is 4.74 Å². The van der Waals surface area contributed by atoms with Crippen molar-refractivity contribution in [1.29, 1.82) is 0 Å². The first kappa shape index (κ1) is 24.9. The predicted molar refractivity (Wildman–Crippen MR) is 137 cm³/mol. The van der Waals surface area contributed by atoms with Gasteiger partial charge in [0.25, 0.3) is 11.8 Å². The zero-order valence-corrected chi connectivity index (χ0v) is 21.0. The van der Waals surface area contributed by atoms with Crippen LogP contribution in [0.3, 0.4) is 0 Å². The molecular weight excluding hydrogens is 552 g/mol. The summed E-state index contributed by atoms with van der Waals surface area (Å²) < 4.78 is 6.16. The molecule has 2 heterocycles. The number of rotatable bonds is 5. The molecule has 0 aliphatic rings. The maximum atomic E-state index is 13.5. The van der Waals surface area contributed by atoms with Crippen LogP contribution in [0.5, 0.6) is 0 Å². The van der Waals surface area contributed by atoms with Gasteiger partial charge in [0.15, 0.2) is 5.82 Å². The number of anilines is 1. The lowest BCUT2D eigenvalue weighted by molar-refractivity contribution is 0.0921. The lowest BCUT2D eigenvalue weighted by Crippen LogP contribution is -2.41. The Labute approximate surface area is 218 Å². The minimum absolute atomic E-state index is 0.0992. The Morgan fingerprint density at radius 3 is 2.47 bits per heavy atom. The second kappa shape index (κ2) is 11.0. The number of nitrogens with one attached hydrogen (secondary N) is 3. The third-order valence-corrected chi connectivity index (χ3v) is 5.63. The number of carbonyl (C=O) groups excluding carboxylic acids is 3. The van der Waals surface area contributed by atoms with Gasteiger partial charge in [0.1, 0.15) is 10.3 Å². The molecular formula is C24H18BrClN6O4. The van der Waals surface area contributed by atoms with Gasteiger partial charge in [0.05, 0.1) is 23.4 Å². The maximum Gasteiger partial charge on any atom is 0.425 e. The fourth-order valence-corrected chi connectivity index (χ4v) is 3.92. The smallest absolute Gasteiger partial charge is 0.425 e. The van der Waals surface area contributed by atoms with Crippen molar-refractivity contribution in [3.63, 3.8) is 0 Å². The molecule has 0 atom stereocenters. The Balaban J connectivity index is 1.77. The fraction of sp³-hybridized carbons (Fsp3) is 0.0417. The van der Waals surface area contributed by atoms with Crippen molar-refractivity contribution in [2.24, 2.45) is 0 Å². The largest absolute Gasteiger partial charge is 0.452 e. The van der Waals surface area contributed by atoms with E-state index in [2.05, 4.69) is 46.9 Å². The highest BCUT2D eigenvalue weighted by molar-refractivity contribution is 9.10. The third kappa shape index (κ3) is 5.37. The molecule has 0 spiro atoms. The van der Waals surface area contributed by atoms with Gasteiger partial charge in [-0.25, -0.2) is 19.9 Å². The number of halogens is 2. The van der Waals surface area contributed by atoms with Gasteiger partial charge in [-0.1, -0.05) is 54.1 Å². The number of amides is 3. The lowest BCUT2D eigenvalue weighted by atomic mass is 9.99. The van der Waals surface area contributed by atoms with E-state index in [0.717, 1.165) is 12.7 Å². The van der Waals surface area contributed by atoms with Crippen molar-refractivity contribution in [3.05, 3.63) is 93.8 Å². The molecule has 0 aliphatic carbocycles. The van der Waals surface area contributed by atoms with Crippen LogP contribution >= 0.6 is 27.5 Å². The molecule has 4 aromatic rings. The van der Waals surface area contributed by atoms with E-state index < -0.39 is 17.9 Å². The molecule has 0 aliphatic heterocycles. The van der Waals surface area contributed by atoms with Crippen molar-refractivity contribution in [3.8, 4) is 16.9 Å².